The number of thiol groups is 1. The Morgan fingerprint density at radius 3 is 2.56 bits per heavy atom. The van der Waals surface area contributed by atoms with Gasteiger partial charge < -0.3 is 10.6 Å². The van der Waals surface area contributed by atoms with Crippen molar-refractivity contribution in [3.8, 4) is 11.1 Å². The lowest BCUT2D eigenvalue weighted by Crippen LogP contribution is -2.43. The van der Waals surface area contributed by atoms with Crippen LogP contribution in [0.4, 0.5) is 5.69 Å². The lowest BCUT2D eigenvalue weighted by atomic mass is 9.95. The van der Waals surface area contributed by atoms with Crippen LogP contribution in [0.25, 0.3) is 17.2 Å². The predicted octanol–water partition coefficient (Wildman–Crippen LogP) is 2.76. The van der Waals surface area contributed by atoms with Crippen LogP contribution >= 0.6 is 0 Å². The van der Waals surface area contributed by atoms with Crippen LogP contribution in [0, 0.1) is 0 Å². The lowest BCUT2D eigenvalue weighted by molar-refractivity contribution is 0.150. The van der Waals surface area contributed by atoms with Crippen LogP contribution in [0.3, 0.4) is 0 Å². The number of hydrogen-bond acceptors (Lipinski definition) is 5. The summed E-state index contributed by atoms with van der Waals surface area (Å²) in [6.45, 7) is 2.60. The highest BCUT2D eigenvalue weighted by Gasteiger charge is 2.25. The summed E-state index contributed by atoms with van der Waals surface area (Å²) >= 11 is 0. The van der Waals surface area contributed by atoms with Crippen molar-refractivity contribution in [2.75, 3.05) is 24.7 Å². The first kappa shape index (κ1) is 18.1. The van der Waals surface area contributed by atoms with Gasteiger partial charge in [-0.05, 0) is 59.4 Å². The van der Waals surface area contributed by atoms with Gasteiger partial charge in [0.15, 0.2) is 10.7 Å². The Balaban J connectivity index is 1.45. The lowest BCUT2D eigenvalue weighted by Gasteiger charge is -2.39. The van der Waals surface area contributed by atoms with Gasteiger partial charge in [0, 0.05) is 37.6 Å². The largest absolute Gasteiger partial charge is 0.399 e. The number of piperidine rings is 1. The molecule has 0 bridgehead atoms. The second-order valence-electron chi connectivity index (χ2n) is 7.35. The molecular weight excluding hydrogens is 358 g/mol. The normalized spacial score (nSPS) is 18.0. The van der Waals surface area contributed by atoms with E-state index >= 15 is 0 Å². The predicted molar refractivity (Wildman–Crippen MR) is 111 cm³/mol. The fourth-order valence-corrected chi connectivity index (χ4v) is 4.63. The van der Waals surface area contributed by atoms with E-state index < -0.39 is 10.7 Å². The van der Waals surface area contributed by atoms with E-state index in [1.807, 2.05) is 23.1 Å². The molecule has 0 aromatic heterocycles. The van der Waals surface area contributed by atoms with E-state index in [1.165, 1.54) is 16.7 Å². The van der Waals surface area contributed by atoms with Crippen LogP contribution in [0.5, 0.6) is 0 Å². The van der Waals surface area contributed by atoms with Crippen LogP contribution in [0.1, 0.15) is 24.0 Å². The molecule has 0 atom stereocenters. The summed E-state index contributed by atoms with van der Waals surface area (Å²) in [6.07, 6.45) is 6.39. The summed E-state index contributed by atoms with van der Waals surface area (Å²) in [5, 5.41) is 0. The average molecular weight is 384 g/mol. The highest BCUT2D eigenvalue weighted by molar-refractivity contribution is 7.72. The van der Waals surface area contributed by atoms with E-state index in [0.717, 1.165) is 43.7 Å². The molecule has 0 amide bonds. The van der Waals surface area contributed by atoms with E-state index in [9.17, 15) is 8.42 Å². The highest BCUT2D eigenvalue weighted by atomic mass is 32.2. The van der Waals surface area contributed by atoms with E-state index in [-0.39, 0.29) is 5.88 Å². The van der Waals surface area contributed by atoms with Gasteiger partial charge in [0.2, 0.25) is 0 Å². The molecule has 5 nitrogen and oxygen atoms in total. The Labute approximate surface area is 162 Å². The molecule has 2 aliphatic rings. The molecule has 142 valence electrons. The SMILES string of the molecule is Nc1cccc(-c2ccc3c(c2)C=CN(C2CCN(C[SH](=O)=O)CC2)C3)c1. The molecule has 2 aliphatic heterocycles. The Hall–Kier alpha value is -2.31. The number of nitrogen functional groups attached to an aromatic ring is 1. The summed E-state index contributed by atoms with van der Waals surface area (Å²) < 4.78 is 21.8. The summed E-state index contributed by atoms with van der Waals surface area (Å²) in [5.41, 5.74) is 11.6. The number of likely N-dealkylation sites (tertiary alicyclic amines) is 1. The Morgan fingerprint density at radius 1 is 1.04 bits per heavy atom. The van der Waals surface area contributed by atoms with E-state index in [1.54, 1.807) is 0 Å². The van der Waals surface area contributed by atoms with Gasteiger partial charge in [-0.2, -0.15) is 0 Å². The van der Waals surface area contributed by atoms with E-state index in [4.69, 9.17) is 5.73 Å². The maximum Gasteiger partial charge on any atom is 0.153 e. The Kier molecular flexibility index (Phi) is 5.18. The zero-order valence-corrected chi connectivity index (χ0v) is 16.1. The maximum absolute atomic E-state index is 10.9. The average Bonchev–Trinajstić information content (AvgIpc) is 2.67. The minimum Gasteiger partial charge on any atom is -0.399 e. The van der Waals surface area contributed by atoms with Gasteiger partial charge in [0.25, 0.3) is 0 Å². The number of nitrogens with two attached hydrogens (primary N) is 1. The van der Waals surface area contributed by atoms with Crippen molar-refractivity contribution in [3.05, 3.63) is 59.8 Å². The van der Waals surface area contributed by atoms with Crippen molar-refractivity contribution in [2.45, 2.75) is 25.4 Å². The van der Waals surface area contributed by atoms with Crippen molar-refractivity contribution >= 4 is 22.5 Å². The van der Waals surface area contributed by atoms with E-state index in [0.29, 0.717) is 6.04 Å². The van der Waals surface area contributed by atoms with Crippen molar-refractivity contribution in [1.82, 2.24) is 9.80 Å². The van der Waals surface area contributed by atoms with Crippen LogP contribution < -0.4 is 5.73 Å². The van der Waals surface area contributed by atoms with Crippen LogP contribution in [-0.2, 0) is 17.2 Å². The van der Waals surface area contributed by atoms with Crippen LogP contribution in [-0.4, -0.2) is 43.2 Å². The molecule has 2 N–H and O–H groups in total. The first-order chi connectivity index (χ1) is 13.1. The molecule has 0 spiro atoms. The molecule has 1 fully saturated rings. The number of benzene rings is 2. The third kappa shape index (κ3) is 4.17. The number of nitrogens with zero attached hydrogens (tertiary/aromatic N) is 2. The van der Waals surface area contributed by atoms with Gasteiger partial charge in [0.05, 0.1) is 5.88 Å². The second-order valence-corrected chi connectivity index (χ2v) is 8.30. The zero-order valence-electron chi connectivity index (χ0n) is 15.3. The molecular formula is C21H25N3O2S. The molecule has 2 heterocycles. The quantitative estimate of drug-likeness (QED) is 0.628. The number of rotatable bonds is 4. The minimum absolute atomic E-state index is 0.188. The van der Waals surface area contributed by atoms with Crippen molar-refractivity contribution in [1.29, 1.82) is 0 Å². The third-order valence-electron chi connectivity index (χ3n) is 5.51. The van der Waals surface area contributed by atoms with Gasteiger partial charge in [-0.25, -0.2) is 8.42 Å². The zero-order chi connectivity index (χ0) is 18.8. The second kappa shape index (κ2) is 7.74. The molecule has 27 heavy (non-hydrogen) atoms. The van der Waals surface area contributed by atoms with Gasteiger partial charge >= 0.3 is 0 Å². The molecule has 0 unspecified atom stereocenters. The number of fused-ring (bicyclic) bond motifs is 1. The Bertz CT molecular complexity index is 923. The fourth-order valence-electron chi connectivity index (χ4n) is 4.02. The fraction of sp³-hybridized carbons (Fsp3) is 0.333. The Morgan fingerprint density at radius 2 is 1.81 bits per heavy atom. The highest BCUT2D eigenvalue weighted by Crippen LogP contribution is 2.30. The van der Waals surface area contributed by atoms with Crippen LogP contribution in [0.15, 0.2) is 48.7 Å². The number of anilines is 1. The van der Waals surface area contributed by atoms with Crippen molar-refractivity contribution in [3.63, 3.8) is 0 Å². The molecule has 4 rings (SSSR count). The molecule has 1 saturated heterocycles. The number of hydrogen-bond donors (Lipinski definition) is 2. The van der Waals surface area contributed by atoms with Crippen molar-refractivity contribution in [2.24, 2.45) is 0 Å². The standard InChI is InChI=1S/C21H25N3O2S/c22-20-3-1-2-16(13-20)17-4-5-19-14-24(11-6-18(19)12-17)21-7-9-23(10-8-21)15-27(25)26/h1-6,11-13,21,27H,7-10,14-15,22H2. The first-order valence-corrected chi connectivity index (χ1v) is 10.7. The molecule has 2 aromatic carbocycles. The summed E-state index contributed by atoms with van der Waals surface area (Å²) in [6, 6.07) is 15.1. The van der Waals surface area contributed by atoms with Gasteiger partial charge in [-0.3, -0.25) is 4.90 Å². The van der Waals surface area contributed by atoms with Crippen LogP contribution in [0.2, 0.25) is 0 Å². The maximum atomic E-state index is 10.9. The first-order valence-electron chi connectivity index (χ1n) is 9.35. The molecule has 0 aliphatic carbocycles. The topological polar surface area (TPSA) is 66.6 Å². The van der Waals surface area contributed by atoms with Gasteiger partial charge in [-0.15, -0.1) is 0 Å². The summed E-state index contributed by atoms with van der Waals surface area (Å²) in [7, 11) is -2.32. The molecule has 0 saturated carbocycles. The molecule has 2 aromatic rings. The molecule has 6 heteroatoms. The van der Waals surface area contributed by atoms with E-state index in [2.05, 4.69) is 41.4 Å². The summed E-state index contributed by atoms with van der Waals surface area (Å²) in [5.74, 6) is 0.188. The van der Waals surface area contributed by atoms with Gasteiger partial charge in [0.1, 0.15) is 0 Å². The monoisotopic (exact) mass is 383 g/mol. The molecule has 0 radical (unpaired) electrons. The smallest absolute Gasteiger partial charge is 0.153 e. The third-order valence-corrected chi connectivity index (χ3v) is 6.14. The minimum atomic E-state index is -2.32. The van der Waals surface area contributed by atoms with Crippen molar-refractivity contribution < 1.29 is 8.42 Å². The summed E-state index contributed by atoms with van der Waals surface area (Å²) in [4.78, 5) is 4.43. The van der Waals surface area contributed by atoms with Gasteiger partial charge in [-0.1, -0.05) is 24.3 Å².